The largest absolute Gasteiger partial charge is 0.497 e. The number of benzene rings is 1. The maximum Gasteiger partial charge on any atom is 0.173 e. The molecule has 1 heterocycles. The first-order valence-electron chi connectivity index (χ1n) is 6.88. The van der Waals surface area contributed by atoms with Gasteiger partial charge in [0.05, 0.1) is 7.11 Å². The SMILES string of the molecule is CCNC(=S)N1CC(CCC=O)c2cc(OC)ccc21. The molecule has 0 saturated carbocycles. The van der Waals surface area contributed by atoms with Gasteiger partial charge in [0.2, 0.25) is 0 Å². The third-order valence-electron chi connectivity index (χ3n) is 3.57. The smallest absolute Gasteiger partial charge is 0.173 e. The van der Waals surface area contributed by atoms with E-state index in [1.54, 1.807) is 7.11 Å². The molecule has 0 spiro atoms. The molecular weight excluding hydrogens is 272 g/mol. The first kappa shape index (κ1) is 14.8. The van der Waals surface area contributed by atoms with Crippen LogP contribution in [0.25, 0.3) is 0 Å². The Labute approximate surface area is 125 Å². The highest BCUT2D eigenvalue weighted by molar-refractivity contribution is 7.80. The van der Waals surface area contributed by atoms with Crippen molar-refractivity contribution in [2.24, 2.45) is 0 Å². The normalized spacial score (nSPS) is 16.7. The number of ether oxygens (including phenoxy) is 1. The predicted molar refractivity (Wildman–Crippen MR) is 84.7 cm³/mol. The van der Waals surface area contributed by atoms with Gasteiger partial charge in [-0.1, -0.05) is 0 Å². The molecule has 4 nitrogen and oxygen atoms in total. The zero-order valence-electron chi connectivity index (χ0n) is 11.9. The van der Waals surface area contributed by atoms with E-state index in [0.29, 0.717) is 12.3 Å². The second-order valence-corrected chi connectivity index (χ2v) is 5.20. The van der Waals surface area contributed by atoms with E-state index >= 15 is 0 Å². The average Bonchev–Trinajstić information content (AvgIpc) is 2.83. The number of hydrogen-bond acceptors (Lipinski definition) is 3. The number of rotatable bonds is 5. The molecule has 5 heteroatoms. The third kappa shape index (κ3) is 2.93. The quantitative estimate of drug-likeness (QED) is 0.667. The van der Waals surface area contributed by atoms with Gasteiger partial charge in [-0.2, -0.15) is 0 Å². The lowest BCUT2D eigenvalue weighted by molar-refractivity contribution is -0.108. The van der Waals surface area contributed by atoms with Gasteiger partial charge in [0, 0.05) is 31.1 Å². The van der Waals surface area contributed by atoms with E-state index in [0.717, 1.165) is 42.3 Å². The minimum atomic E-state index is 0.321. The number of carbonyl (C=O) groups excluding carboxylic acids is 1. The second-order valence-electron chi connectivity index (χ2n) is 4.81. The standard InChI is InChI=1S/C15H20N2O2S/c1-3-16-15(20)17-10-11(5-4-8-18)13-9-12(19-2)6-7-14(13)17/h6-9,11H,3-5,10H2,1-2H3,(H,16,20). The molecule has 0 aliphatic carbocycles. The van der Waals surface area contributed by atoms with Crippen molar-refractivity contribution in [3.8, 4) is 5.75 Å². The van der Waals surface area contributed by atoms with Crippen molar-refractivity contribution in [3.63, 3.8) is 0 Å². The molecule has 2 rings (SSSR count). The molecule has 1 unspecified atom stereocenters. The molecule has 0 bridgehead atoms. The minimum absolute atomic E-state index is 0.321. The lowest BCUT2D eigenvalue weighted by Crippen LogP contribution is -2.39. The molecule has 108 valence electrons. The number of anilines is 1. The van der Waals surface area contributed by atoms with E-state index in [1.807, 2.05) is 19.1 Å². The Morgan fingerprint density at radius 2 is 2.40 bits per heavy atom. The molecule has 0 amide bonds. The molecule has 20 heavy (non-hydrogen) atoms. The summed E-state index contributed by atoms with van der Waals surface area (Å²) in [5.74, 6) is 1.16. The van der Waals surface area contributed by atoms with Crippen LogP contribution in [0.3, 0.4) is 0 Å². The van der Waals surface area contributed by atoms with Gasteiger partial charge in [-0.3, -0.25) is 0 Å². The second kappa shape index (κ2) is 6.70. The Balaban J connectivity index is 2.29. The molecule has 0 aromatic heterocycles. The van der Waals surface area contributed by atoms with Gasteiger partial charge in [0.15, 0.2) is 5.11 Å². The predicted octanol–water partition coefficient (Wildman–Crippen LogP) is 2.47. The van der Waals surface area contributed by atoms with Crippen LogP contribution in [0, 0.1) is 0 Å². The van der Waals surface area contributed by atoms with Crippen LogP contribution in [0.5, 0.6) is 5.75 Å². The summed E-state index contributed by atoms with van der Waals surface area (Å²) in [6.07, 6.45) is 2.39. The lowest BCUT2D eigenvalue weighted by atomic mass is 9.96. The summed E-state index contributed by atoms with van der Waals surface area (Å²) in [7, 11) is 1.66. The highest BCUT2D eigenvalue weighted by Gasteiger charge is 2.30. The Morgan fingerprint density at radius 3 is 3.05 bits per heavy atom. The third-order valence-corrected chi connectivity index (χ3v) is 3.94. The van der Waals surface area contributed by atoms with Crippen LogP contribution < -0.4 is 15.0 Å². The van der Waals surface area contributed by atoms with Gasteiger partial charge in [0.1, 0.15) is 12.0 Å². The van der Waals surface area contributed by atoms with Crippen molar-refractivity contribution in [2.75, 3.05) is 25.1 Å². The fraction of sp³-hybridized carbons (Fsp3) is 0.467. The minimum Gasteiger partial charge on any atom is -0.497 e. The van der Waals surface area contributed by atoms with Crippen LogP contribution in [0.15, 0.2) is 18.2 Å². The van der Waals surface area contributed by atoms with Gasteiger partial charge in [0.25, 0.3) is 0 Å². The van der Waals surface area contributed by atoms with Crippen LogP contribution in [0.4, 0.5) is 5.69 Å². The highest BCUT2D eigenvalue weighted by atomic mass is 32.1. The van der Waals surface area contributed by atoms with Crippen LogP contribution >= 0.6 is 12.2 Å². The van der Waals surface area contributed by atoms with E-state index in [2.05, 4.69) is 16.3 Å². The van der Waals surface area contributed by atoms with Crippen LogP contribution in [-0.4, -0.2) is 31.6 Å². The summed E-state index contributed by atoms with van der Waals surface area (Å²) in [6.45, 7) is 3.66. The average molecular weight is 292 g/mol. The Morgan fingerprint density at radius 1 is 1.60 bits per heavy atom. The first-order valence-corrected chi connectivity index (χ1v) is 7.29. The van der Waals surface area contributed by atoms with Crippen molar-refractivity contribution in [1.82, 2.24) is 5.32 Å². The van der Waals surface area contributed by atoms with E-state index in [-0.39, 0.29) is 0 Å². The van der Waals surface area contributed by atoms with Crippen LogP contribution in [0.2, 0.25) is 0 Å². The number of aldehydes is 1. The topological polar surface area (TPSA) is 41.6 Å². The van der Waals surface area contributed by atoms with Gasteiger partial charge < -0.3 is 19.7 Å². The molecule has 1 aliphatic rings. The summed E-state index contributed by atoms with van der Waals surface area (Å²) in [5.41, 5.74) is 2.33. The number of fused-ring (bicyclic) bond motifs is 1. The van der Waals surface area contributed by atoms with E-state index in [1.165, 1.54) is 5.56 Å². The number of methoxy groups -OCH3 is 1. The Hall–Kier alpha value is -1.62. The summed E-state index contributed by atoms with van der Waals surface area (Å²) >= 11 is 5.43. The number of thiocarbonyl (C=S) groups is 1. The zero-order chi connectivity index (χ0) is 14.5. The number of carbonyl (C=O) groups is 1. The Bertz CT molecular complexity index is 505. The Kier molecular flexibility index (Phi) is 4.95. The number of hydrogen-bond donors (Lipinski definition) is 1. The molecule has 0 fully saturated rings. The molecule has 0 radical (unpaired) electrons. The van der Waals surface area contributed by atoms with Crippen molar-refractivity contribution in [1.29, 1.82) is 0 Å². The first-order chi connectivity index (χ1) is 9.71. The highest BCUT2D eigenvalue weighted by Crippen LogP contribution is 2.40. The van der Waals surface area contributed by atoms with Gasteiger partial charge >= 0.3 is 0 Å². The molecule has 1 atom stereocenters. The zero-order valence-corrected chi connectivity index (χ0v) is 12.7. The molecule has 0 saturated heterocycles. The van der Waals surface area contributed by atoms with Crippen LogP contribution in [0.1, 0.15) is 31.2 Å². The molecule has 1 aromatic carbocycles. The summed E-state index contributed by atoms with van der Waals surface area (Å²) in [4.78, 5) is 12.8. The summed E-state index contributed by atoms with van der Waals surface area (Å²) in [5, 5.41) is 3.93. The number of nitrogens with one attached hydrogen (secondary N) is 1. The number of nitrogens with zero attached hydrogens (tertiary/aromatic N) is 1. The van der Waals surface area contributed by atoms with Crippen LogP contribution in [-0.2, 0) is 4.79 Å². The monoisotopic (exact) mass is 292 g/mol. The van der Waals surface area contributed by atoms with E-state index < -0.39 is 0 Å². The molecule has 1 aromatic rings. The van der Waals surface area contributed by atoms with E-state index in [4.69, 9.17) is 17.0 Å². The molecule has 1 N–H and O–H groups in total. The van der Waals surface area contributed by atoms with E-state index in [9.17, 15) is 4.79 Å². The lowest BCUT2D eigenvalue weighted by Gasteiger charge is -2.21. The summed E-state index contributed by atoms with van der Waals surface area (Å²) in [6, 6.07) is 6.04. The van der Waals surface area contributed by atoms with Crippen molar-refractivity contribution >= 4 is 29.3 Å². The summed E-state index contributed by atoms with van der Waals surface area (Å²) < 4.78 is 5.30. The van der Waals surface area contributed by atoms with Crippen molar-refractivity contribution < 1.29 is 9.53 Å². The maximum absolute atomic E-state index is 10.6. The van der Waals surface area contributed by atoms with Gasteiger partial charge in [-0.05, 0) is 49.3 Å². The van der Waals surface area contributed by atoms with Gasteiger partial charge in [-0.25, -0.2) is 0 Å². The van der Waals surface area contributed by atoms with Crippen molar-refractivity contribution in [3.05, 3.63) is 23.8 Å². The fourth-order valence-electron chi connectivity index (χ4n) is 2.60. The molecule has 1 aliphatic heterocycles. The van der Waals surface area contributed by atoms with Crippen molar-refractivity contribution in [2.45, 2.75) is 25.7 Å². The molecular formula is C15H20N2O2S. The fourth-order valence-corrected chi connectivity index (χ4v) is 2.92. The van der Waals surface area contributed by atoms with Gasteiger partial charge in [-0.15, -0.1) is 0 Å². The maximum atomic E-state index is 10.6.